The van der Waals surface area contributed by atoms with E-state index in [2.05, 4.69) is 0 Å². The third-order valence-corrected chi connectivity index (χ3v) is 4.41. The predicted molar refractivity (Wildman–Crippen MR) is 72.1 cm³/mol. The number of nitro groups is 1. The quantitative estimate of drug-likeness (QED) is 0.673. The molecule has 1 aromatic carbocycles. The average Bonchev–Trinajstić information content (AvgIpc) is 2.79. The topological polar surface area (TPSA) is 113 Å². The molecule has 0 atom stereocenters. The van der Waals surface area contributed by atoms with Crippen molar-refractivity contribution in [2.45, 2.75) is 43.6 Å². The second kappa shape index (κ2) is 5.37. The Balaban J connectivity index is 2.45. The van der Waals surface area contributed by atoms with Crippen molar-refractivity contribution in [1.29, 1.82) is 0 Å². The molecular weight excluding hydrogens is 284 g/mol. The van der Waals surface area contributed by atoms with Crippen LogP contribution in [0.4, 0.5) is 5.69 Å². The van der Waals surface area contributed by atoms with Gasteiger partial charge in [-0.1, -0.05) is 0 Å². The fraction of sp³-hybridized carbons (Fsp3) is 0.500. The minimum Gasteiger partial charge on any atom is -0.483 e. The number of nitrogens with zero attached hydrogens (tertiary/aromatic N) is 1. The molecule has 0 heterocycles. The standard InChI is InChI=1S/C12H16N2O5S/c1-8-6-11(19-9-4-2-3-5-9)10(14(15)16)7-12(8)20(13,17)18/h6-7,9H,2-5H2,1H3,(H2,13,17,18). The molecule has 0 amide bonds. The molecule has 20 heavy (non-hydrogen) atoms. The summed E-state index contributed by atoms with van der Waals surface area (Å²) in [5.41, 5.74) is -0.0300. The first kappa shape index (κ1) is 14.7. The molecule has 2 N–H and O–H groups in total. The van der Waals surface area contributed by atoms with Gasteiger partial charge in [-0.15, -0.1) is 0 Å². The molecule has 0 radical (unpaired) electrons. The maximum atomic E-state index is 11.4. The Morgan fingerprint density at radius 1 is 1.35 bits per heavy atom. The molecule has 1 aliphatic rings. The first-order chi connectivity index (χ1) is 9.29. The zero-order valence-corrected chi connectivity index (χ0v) is 11.9. The van der Waals surface area contributed by atoms with Crippen LogP contribution in [0.25, 0.3) is 0 Å². The summed E-state index contributed by atoms with van der Waals surface area (Å²) in [6, 6.07) is 2.34. The fourth-order valence-electron chi connectivity index (χ4n) is 2.38. The Labute approximate surface area is 116 Å². The molecule has 0 spiro atoms. The molecule has 1 saturated carbocycles. The number of benzene rings is 1. The molecule has 0 bridgehead atoms. The van der Waals surface area contributed by atoms with Gasteiger partial charge in [-0.05, 0) is 44.2 Å². The van der Waals surface area contributed by atoms with Crippen molar-refractivity contribution in [3.05, 3.63) is 27.8 Å². The van der Waals surface area contributed by atoms with Gasteiger partial charge in [0.1, 0.15) is 0 Å². The predicted octanol–water partition coefficient (Wildman–Crippen LogP) is 1.87. The molecule has 0 saturated heterocycles. The van der Waals surface area contributed by atoms with E-state index in [1.54, 1.807) is 0 Å². The van der Waals surface area contributed by atoms with Gasteiger partial charge in [-0.25, -0.2) is 13.6 Å². The minimum atomic E-state index is -3.99. The summed E-state index contributed by atoms with van der Waals surface area (Å²) in [6.07, 6.45) is 3.73. The fourth-order valence-corrected chi connectivity index (χ4v) is 3.16. The summed E-state index contributed by atoms with van der Waals surface area (Å²) >= 11 is 0. The largest absolute Gasteiger partial charge is 0.483 e. The number of rotatable bonds is 4. The number of aryl methyl sites for hydroxylation is 1. The van der Waals surface area contributed by atoms with E-state index in [-0.39, 0.29) is 22.4 Å². The van der Waals surface area contributed by atoms with Crippen LogP contribution in [0.3, 0.4) is 0 Å². The molecule has 110 valence electrons. The van der Waals surface area contributed by atoms with Gasteiger partial charge in [0.05, 0.1) is 15.9 Å². The molecule has 1 aromatic rings. The highest BCUT2D eigenvalue weighted by molar-refractivity contribution is 7.89. The Bertz CT molecular complexity index is 635. The van der Waals surface area contributed by atoms with Crippen LogP contribution < -0.4 is 9.88 Å². The molecule has 1 aliphatic carbocycles. The third kappa shape index (κ3) is 3.07. The normalized spacial score (nSPS) is 16.3. The van der Waals surface area contributed by atoms with Crippen LogP contribution in [0.2, 0.25) is 0 Å². The Morgan fingerprint density at radius 2 is 1.95 bits per heavy atom. The van der Waals surface area contributed by atoms with Crippen LogP contribution in [0.5, 0.6) is 5.75 Å². The summed E-state index contributed by atoms with van der Waals surface area (Å²) in [4.78, 5) is 10.2. The van der Waals surface area contributed by atoms with Crippen LogP contribution >= 0.6 is 0 Å². The van der Waals surface area contributed by atoms with Crippen molar-refractivity contribution in [2.24, 2.45) is 5.14 Å². The molecule has 0 unspecified atom stereocenters. The smallest absolute Gasteiger partial charge is 0.312 e. The summed E-state index contributed by atoms with van der Waals surface area (Å²) < 4.78 is 28.4. The molecule has 0 aliphatic heterocycles. The highest BCUT2D eigenvalue weighted by atomic mass is 32.2. The number of nitro benzene ring substituents is 1. The van der Waals surface area contributed by atoms with E-state index in [9.17, 15) is 18.5 Å². The second-order valence-corrected chi connectivity index (χ2v) is 6.44. The van der Waals surface area contributed by atoms with E-state index in [1.165, 1.54) is 13.0 Å². The van der Waals surface area contributed by atoms with Gasteiger partial charge in [0.2, 0.25) is 10.0 Å². The van der Waals surface area contributed by atoms with Gasteiger partial charge in [0, 0.05) is 6.07 Å². The van der Waals surface area contributed by atoms with Crippen molar-refractivity contribution in [3.8, 4) is 5.75 Å². The molecule has 7 nitrogen and oxygen atoms in total. The van der Waals surface area contributed by atoms with Crippen molar-refractivity contribution in [1.82, 2.24) is 0 Å². The van der Waals surface area contributed by atoms with Gasteiger partial charge >= 0.3 is 5.69 Å². The van der Waals surface area contributed by atoms with Crippen molar-refractivity contribution >= 4 is 15.7 Å². The van der Waals surface area contributed by atoms with Crippen LogP contribution in [-0.2, 0) is 10.0 Å². The van der Waals surface area contributed by atoms with Gasteiger partial charge in [-0.3, -0.25) is 10.1 Å². The minimum absolute atomic E-state index is 0.0477. The SMILES string of the molecule is Cc1cc(OC2CCCC2)c([N+](=O)[O-])cc1S(N)(=O)=O. The maximum Gasteiger partial charge on any atom is 0.312 e. The van der Waals surface area contributed by atoms with Crippen LogP contribution in [0.1, 0.15) is 31.2 Å². The van der Waals surface area contributed by atoms with Crippen molar-refractivity contribution < 1.29 is 18.1 Å². The Kier molecular flexibility index (Phi) is 3.96. The monoisotopic (exact) mass is 300 g/mol. The second-order valence-electron chi connectivity index (χ2n) is 4.91. The number of ether oxygens (including phenoxy) is 1. The van der Waals surface area contributed by atoms with Crippen molar-refractivity contribution in [3.63, 3.8) is 0 Å². The summed E-state index contributed by atoms with van der Waals surface area (Å²) in [5.74, 6) is 0.104. The molecule has 8 heteroatoms. The van der Waals surface area contributed by atoms with E-state index < -0.39 is 14.9 Å². The maximum absolute atomic E-state index is 11.4. The highest BCUT2D eigenvalue weighted by Gasteiger charge is 2.26. The van der Waals surface area contributed by atoms with Crippen LogP contribution in [-0.4, -0.2) is 19.4 Å². The first-order valence-electron chi connectivity index (χ1n) is 6.27. The molecule has 1 fully saturated rings. The van der Waals surface area contributed by atoms with E-state index in [4.69, 9.17) is 9.88 Å². The first-order valence-corrected chi connectivity index (χ1v) is 7.82. The van der Waals surface area contributed by atoms with Gasteiger partial charge < -0.3 is 4.74 Å². The molecular formula is C12H16N2O5S. The van der Waals surface area contributed by atoms with E-state index in [0.29, 0.717) is 5.56 Å². The average molecular weight is 300 g/mol. The van der Waals surface area contributed by atoms with Gasteiger partial charge in [0.25, 0.3) is 0 Å². The molecule has 2 rings (SSSR count). The zero-order chi connectivity index (χ0) is 14.9. The lowest BCUT2D eigenvalue weighted by Crippen LogP contribution is -2.16. The summed E-state index contributed by atoms with van der Waals surface area (Å²) in [7, 11) is -3.99. The number of hydrogen-bond acceptors (Lipinski definition) is 5. The van der Waals surface area contributed by atoms with Gasteiger partial charge in [-0.2, -0.15) is 0 Å². The number of hydrogen-bond donors (Lipinski definition) is 1. The van der Waals surface area contributed by atoms with E-state index in [0.717, 1.165) is 31.7 Å². The summed E-state index contributed by atoms with van der Waals surface area (Å²) in [6.45, 7) is 1.53. The van der Waals surface area contributed by atoms with E-state index in [1.807, 2.05) is 0 Å². The zero-order valence-electron chi connectivity index (χ0n) is 11.0. The van der Waals surface area contributed by atoms with Gasteiger partial charge in [0.15, 0.2) is 5.75 Å². The third-order valence-electron chi connectivity index (χ3n) is 3.36. The van der Waals surface area contributed by atoms with Crippen LogP contribution in [0.15, 0.2) is 17.0 Å². The van der Waals surface area contributed by atoms with Crippen LogP contribution in [0, 0.1) is 17.0 Å². The summed E-state index contributed by atoms with van der Waals surface area (Å²) in [5, 5.41) is 16.1. The lowest BCUT2D eigenvalue weighted by Gasteiger charge is -2.14. The Morgan fingerprint density at radius 3 is 2.45 bits per heavy atom. The Hall–Kier alpha value is -1.67. The highest BCUT2D eigenvalue weighted by Crippen LogP contribution is 2.34. The van der Waals surface area contributed by atoms with E-state index >= 15 is 0 Å². The number of sulfonamides is 1. The van der Waals surface area contributed by atoms with Crippen molar-refractivity contribution in [2.75, 3.05) is 0 Å². The molecule has 0 aromatic heterocycles. The lowest BCUT2D eigenvalue weighted by molar-refractivity contribution is -0.386. The lowest BCUT2D eigenvalue weighted by atomic mass is 10.2. The number of nitrogens with two attached hydrogens (primary N) is 1. The number of primary sulfonamides is 1.